The number of hydrogen-bond acceptors (Lipinski definition) is 3. The highest BCUT2D eigenvalue weighted by Gasteiger charge is 2.22. The molecule has 0 spiro atoms. The Morgan fingerprint density at radius 2 is 0.965 bits per heavy atom. The van der Waals surface area contributed by atoms with Crippen molar-refractivity contribution in [2.24, 2.45) is 0 Å². The Morgan fingerprint density at radius 1 is 0.368 bits per heavy atom. The number of nitrogens with zero attached hydrogens (tertiary/aromatic N) is 4. The van der Waals surface area contributed by atoms with Gasteiger partial charge in [0.25, 0.3) is 0 Å². The minimum Gasteiger partial charge on any atom is -0.309 e. The number of aromatic nitrogens is 4. The highest BCUT2D eigenvalue weighted by molar-refractivity contribution is 7.22. The molecule has 12 rings (SSSR count). The summed E-state index contributed by atoms with van der Waals surface area (Å²) in [6.45, 7) is 0. The third kappa shape index (κ3) is 5.06. The Bertz CT molecular complexity index is 3510. The molecule has 0 fully saturated rings. The average molecular weight is 745 g/mol. The second kappa shape index (κ2) is 12.6. The van der Waals surface area contributed by atoms with Crippen molar-refractivity contribution in [1.82, 2.24) is 19.1 Å². The van der Waals surface area contributed by atoms with Gasteiger partial charge in [0.15, 0.2) is 11.6 Å². The Balaban J connectivity index is 1.13. The number of hydrogen-bond donors (Lipinski definition) is 0. The molecule has 0 saturated carbocycles. The molecule has 0 amide bonds. The number of para-hydroxylation sites is 2. The molecule has 0 atom stereocenters. The topological polar surface area (TPSA) is 35.6 Å². The summed E-state index contributed by atoms with van der Waals surface area (Å²) in [4.78, 5) is 11.8. The van der Waals surface area contributed by atoms with Gasteiger partial charge in [0.05, 0.1) is 32.3 Å². The average Bonchev–Trinajstić information content (AvgIpc) is 3.96. The van der Waals surface area contributed by atoms with Crippen LogP contribution < -0.4 is 0 Å². The molecule has 4 heterocycles. The predicted molar refractivity (Wildman–Crippen MR) is 240 cm³/mol. The molecule has 4 nitrogen and oxygen atoms in total. The van der Waals surface area contributed by atoms with Gasteiger partial charge in [-0.2, -0.15) is 0 Å². The first-order valence-electron chi connectivity index (χ1n) is 19.2. The molecule has 0 saturated heterocycles. The van der Waals surface area contributed by atoms with Crippen LogP contribution in [0.25, 0.3) is 109 Å². The third-order valence-electron chi connectivity index (χ3n) is 11.3. The number of rotatable bonds is 5. The van der Waals surface area contributed by atoms with E-state index in [-0.39, 0.29) is 0 Å². The van der Waals surface area contributed by atoms with Crippen molar-refractivity contribution in [3.8, 4) is 44.5 Å². The van der Waals surface area contributed by atoms with Gasteiger partial charge >= 0.3 is 0 Å². The Kier molecular flexibility index (Phi) is 7.06. The van der Waals surface area contributed by atoms with Crippen molar-refractivity contribution in [3.05, 3.63) is 194 Å². The lowest BCUT2D eigenvalue weighted by atomic mass is 10.0. The molecule has 0 aliphatic rings. The van der Waals surface area contributed by atoms with E-state index in [0.29, 0.717) is 5.82 Å². The molecule has 0 aliphatic heterocycles. The Morgan fingerprint density at radius 3 is 1.77 bits per heavy atom. The lowest BCUT2D eigenvalue weighted by Crippen LogP contribution is -2.01. The van der Waals surface area contributed by atoms with Gasteiger partial charge in [-0.25, -0.2) is 9.97 Å². The minimum atomic E-state index is 0.713. The summed E-state index contributed by atoms with van der Waals surface area (Å²) < 4.78 is 5.82. The van der Waals surface area contributed by atoms with Crippen LogP contribution in [-0.4, -0.2) is 19.1 Å². The zero-order chi connectivity index (χ0) is 37.5. The zero-order valence-corrected chi connectivity index (χ0v) is 31.5. The van der Waals surface area contributed by atoms with E-state index in [2.05, 4.69) is 197 Å². The fraction of sp³-hybridized carbons (Fsp3) is 0. The lowest BCUT2D eigenvalue weighted by Gasteiger charge is -2.11. The molecule has 57 heavy (non-hydrogen) atoms. The molecule has 5 heteroatoms. The minimum absolute atomic E-state index is 0.713. The number of benzene rings is 8. The van der Waals surface area contributed by atoms with Crippen LogP contribution >= 0.6 is 11.3 Å². The first kappa shape index (κ1) is 32.0. The molecule has 0 aliphatic carbocycles. The van der Waals surface area contributed by atoms with E-state index in [4.69, 9.17) is 9.97 Å². The smallest absolute Gasteiger partial charge is 0.162 e. The maximum absolute atomic E-state index is 5.43. The largest absolute Gasteiger partial charge is 0.309 e. The van der Waals surface area contributed by atoms with Gasteiger partial charge in [-0.1, -0.05) is 140 Å². The summed E-state index contributed by atoms with van der Waals surface area (Å²) >= 11 is 1.75. The van der Waals surface area contributed by atoms with E-state index in [1.165, 1.54) is 64.9 Å². The van der Waals surface area contributed by atoms with E-state index < -0.39 is 0 Å². The predicted octanol–water partition coefficient (Wildman–Crippen LogP) is 14.0. The standard InChI is InChI=1S/C52H32N4S/c1-4-14-33(15-5-1)49-32-44-50(57-49)52(54-51(53-44)34-16-6-2-7-17-34)56-46-27-25-37(29-42(46)43-28-35-18-10-11-19-36(35)30-48(43)56)38-24-26-41-40-22-12-13-23-45(40)55(47(41)31-38)39-20-8-3-9-21-39/h1-32H. The molecule has 0 bridgehead atoms. The van der Waals surface area contributed by atoms with Crippen LogP contribution in [-0.2, 0) is 0 Å². The van der Waals surface area contributed by atoms with Crippen LogP contribution in [0.5, 0.6) is 0 Å². The molecular formula is C52H32N4S. The molecule has 0 unspecified atom stereocenters. The molecular weight excluding hydrogens is 713 g/mol. The number of thiophene rings is 1. The van der Waals surface area contributed by atoms with Crippen molar-refractivity contribution < 1.29 is 0 Å². The van der Waals surface area contributed by atoms with Crippen molar-refractivity contribution in [2.45, 2.75) is 0 Å². The van der Waals surface area contributed by atoms with Gasteiger partial charge in [0.1, 0.15) is 0 Å². The highest BCUT2D eigenvalue weighted by Crippen LogP contribution is 2.43. The number of fused-ring (bicyclic) bond motifs is 8. The van der Waals surface area contributed by atoms with Crippen molar-refractivity contribution >= 4 is 75.9 Å². The highest BCUT2D eigenvalue weighted by atomic mass is 32.1. The third-order valence-corrected chi connectivity index (χ3v) is 12.5. The molecule has 8 aromatic carbocycles. The molecule has 0 N–H and O–H groups in total. The van der Waals surface area contributed by atoms with Crippen LogP contribution in [0.2, 0.25) is 0 Å². The van der Waals surface area contributed by atoms with Crippen molar-refractivity contribution in [3.63, 3.8) is 0 Å². The van der Waals surface area contributed by atoms with Gasteiger partial charge in [-0.15, -0.1) is 11.3 Å². The summed E-state index contributed by atoms with van der Waals surface area (Å²) in [5.74, 6) is 1.60. The summed E-state index contributed by atoms with van der Waals surface area (Å²) in [5.41, 5.74) is 11.2. The van der Waals surface area contributed by atoms with Crippen LogP contribution in [0.4, 0.5) is 0 Å². The summed E-state index contributed by atoms with van der Waals surface area (Å²) in [5, 5.41) is 7.28. The maximum Gasteiger partial charge on any atom is 0.162 e. The van der Waals surface area contributed by atoms with Crippen LogP contribution in [0.3, 0.4) is 0 Å². The summed E-state index contributed by atoms with van der Waals surface area (Å²) in [6.07, 6.45) is 0. The van der Waals surface area contributed by atoms with Crippen LogP contribution in [0, 0.1) is 0 Å². The maximum atomic E-state index is 5.43. The zero-order valence-electron chi connectivity index (χ0n) is 30.7. The van der Waals surface area contributed by atoms with Gasteiger partial charge in [-0.05, 0) is 82.1 Å². The van der Waals surface area contributed by atoms with E-state index in [0.717, 1.165) is 38.3 Å². The van der Waals surface area contributed by atoms with Gasteiger partial charge in [0, 0.05) is 37.7 Å². The second-order valence-electron chi connectivity index (χ2n) is 14.6. The molecule has 266 valence electrons. The molecule has 4 aromatic heterocycles. The lowest BCUT2D eigenvalue weighted by molar-refractivity contribution is 1.08. The van der Waals surface area contributed by atoms with Crippen molar-refractivity contribution in [1.29, 1.82) is 0 Å². The van der Waals surface area contributed by atoms with Gasteiger partial charge in [0.2, 0.25) is 0 Å². The normalized spacial score (nSPS) is 11.9. The Hall–Kier alpha value is -7.34. The quantitative estimate of drug-likeness (QED) is 0.176. The fourth-order valence-corrected chi connectivity index (χ4v) is 9.73. The fourth-order valence-electron chi connectivity index (χ4n) is 8.65. The van der Waals surface area contributed by atoms with E-state index >= 15 is 0 Å². The van der Waals surface area contributed by atoms with E-state index in [9.17, 15) is 0 Å². The van der Waals surface area contributed by atoms with Gasteiger partial charge < -0.3 is 4.57 Å². The van der Waals surface area contributed by atoms with E-state index in [1.54, 1.807) is 11.3 Å². The van der Waals surface area contributed by atoms with Crippen molar-refractivity contribution in [2.75, 3.05) is 0 Å². The van der Waals surface area contributed by atoms with Crippen LogP contribution in [0.15, 0.2) is 194 Å². The second-order valence-corrected chi connectivity index (χ2v) is 15.7. The monoisotopic (exact) mass is 744 g/mol. The molecule has 12 aromatic rings. The SMILES string of the molecule is c1ccc(-c2nc(-n3c4ccc(-c5ccc6c7ccccc7n(-c7ccccc7)c6c5)cc4c4cc5ccccc5cc43)c3sc(-c4ccccc4)cc3n2)cc1. The molecule has 0 radical (unpaired) electrons. The van der Waals surface area contributed by atoms with E-state index in [1.807, 2.05) is 6.07 Å². The summed E-state index contributed by atoms with van der Waals surface area (Å²) in [7, 11) is 0. The first-order valence-corrected chi connectivity index (χ1v) is 20.1. The Labute approximate surface area is 332 Å². The summed E-state index contributed by atoms with van der Waals surface area (Å²) in [6, 6.07) is 69.7. The first-order chi connectivity index (χ1) is 28.2. The van der Waals surface area contributed by atoms with Gasteiger partial charge in [-0.3, -0.25) is 4.57 Å². The van der Waals surface area contributed by atoms with Crippen LogP contribution in [0.1, 0.15) is 0 Å².